The van der Waals surface area contributed by atoms with E-state index in [9.17, 15) is 18.4 Å². The van der Waals surface area contributed by atoms with E-state index in [0.29, 0.717) is 22.6 Å². The molecule has 0 radical (unpaired) electrons. The van der Waals surface area contributed by atoms with Gasteiger partial charge in [0.2, 0.25) is 5.91 Å². The van der Waals surface area contributed by atoms with Gasteiger partial charge in [-0.1, -0.05) is 38.1 Å². The van der Waals surface area contributed by atoms with Crippen molar-refractivity contribution < 1.29 is 13.6 Å². The molecule has 0 aliphatic carbocycles. The van der Waals surface area contributed by atoms with Crippen molar-refractivity contribution in [3.63, 3.8) is 0 Å². The Morgan fingerprint density at radius 1 is 1.07 bits per heavy atom. The van der Waals surface area contributed by atoms with E-state index in [0.717, 1.165) is 0 Å². The average Bonchev–Trinajstić information content (AvgIpc) is 2.67. The van der Waals surface area contributed by atoms with E-state index < -0.39 is 11.9 Å². The first kappa shape index (κ1) is 21.4. The summed E-state index contributed by atoms with van der Waals surface area (Å²) in [5.74, 6) is -0.529. The fourth-order valence-electron chi connectivity index (χ4n) is 3.14. The standard InChI is InChI=1S/C23H23F2N3O2/c1-14(2)23-26-19(13-22(30)28-23)12-20(16-6-8-17(24)9-7-16)27-21(29)11-15-4-3-5-18(25)10-15/h3-10,13-14,20H,11-12H2,1-2H3,(H,27,29)(H,26,28,30)/t20-/m1/s1. The number of carbonyl (C=O) groups excluding carboxylic acids is 1. The van der Waals surface area contributed by atoms with Crippen molar-refractivity contribution in [1.82, 2.24) is 15.3 Å². The van der Waals surface area contributed by atoms with E-state index in [2.05, 4.69) is 15.3 Å². The molecule has 0 aliphatic rings. The molecule has 0 spiro atoms. The van der Waals surface area contributed by atoms with Gasteiger partial charge in [0.25, 0.3) is 5.56 Å². The van der Waals surface area contributed by atoms with Gasteiger partial charge in [0.05, 0.1) is 18.2 Å². The number of halogens is 2. The number of nitrogens with zero attached hydrogens (tertiary/aromatic N) is 1. The smallest absolute Gasteiger partial charge is 0.251 e. The topological polar surface area (TPSA) is 74.8 Å². The fourth-order valence-corrected chi connectivity index (χ4v) is 3.14. The summed E-state index contributed by atoms with van der Waals surface area (Å²) in [6, 6.07) is 12.5. The molecular formula is C23H23F2N3O2. The summed E-state index contributed by atoms with van der Waals surface area (Å²) in [5.41, 5.74) is 1.47. The zero-order valence-corrected chi connectivity index (χ0v) is 16.8. The van der Waals surface area contributed by atoms with Crippen molar-refractivity contribution in [3.8, 4) is 0 Å². The van der Waals surface area contributed by atoms with Crippen LogP contribution in [-0.4, -0.2) is 15.9 Å². The number of nitrogens with one attached hydrogen (secondary N) is 2. The predicted molar refractivity (Wildman–Crippen MR) is 110 cm³/mol. The van der Waals surface area contributed by atoms with Crippen LogP contribution in [-0.2, 0) is 17.6 Å². The quantitative estimate of drug-likeness (QED) is 0.621. The van der Waals surface area contributed by atoms with Crippen LogP contribution in [0.1, 0.15) is 48.5 Å². The van der Waals surface area contributed by atoms with Crippen LogP contribution in [0, 0.1) is 11.6 Å². The number of benzene rings is 2. The van der Waals surface area contributed by atoms with Gasteiger partial charge in [0.1, 0.15) is 17.5 Å². The van der Waals surface area contributed by atoms with Crippen molar-refractivity contribution in [1.29, 1.82) is 0 Å². The number of aromatic nitrogens is 2. The van der Waals surface area contributed by atoms with Crippen molar-refractivity contribution in [3.05, 3.63) is 99.2 Å². The predicted octanol–water partition coefficient (Wildman–Crippen LogP) is 3.81. The highest BCUT2D eigenvalue weighted by molar-refractivity contribution is 5.79. The van der Waals surface area contributed by atoms with Crippen LogP contribution in [0.25, 0.3) is 0 Å². The van der Waals surface area contributed by atoms with Crippen molar-refractivity contribution in [2.45, 2.75) is 38.6 Å². The van der Waals surface area contributed by atoms with Gasteiger partial charge in [-0.25, -0.2) is 13.8 Å². The van der Waals surface area contributed by atoms with Crippen molar-refractivity contribution >= 4 is 5.91 Å². The Morgan fingerprint density at radius 2 is 1.80 bits per heavy atom. The lowest BCUT2D eigenvalue weighted by Gasteiger charge is -2.20. The van der Waals surface area contributed by atoms with Gasteiger partial charge in [0.15, 0.2) is 0 Å². The van der Waals surface area contributed by atoms with E-state index in [4.69, 9.17) is 0 Å². The summed E-state index contributed by atoms with van der Waals surface area (Å²) >= 11 is 0. The molecular weight excluding hydrogens is 388 g/mol. The number of carbonyl (C=O) groups is 1. The number of hydrogen-bond acceptors (Lipinski definition) is 3. The number of H-pyrrole nitrogens is 1. The third kappa shape index (κ3) is 5.83. The molecule has 7 heteroatoms. The van der Waals surface area contributed by atoms with Gasteiger partial charge in [-0.3, -0.25) is 9.59 Å². The lowest BCUT2D eigenvalue weighted by molar-refractivity contribution is -0.121. The van der Waals surface area contributed by atoms with E-state index in [1.54, 1.807) is 24.3 Å². The first-order valence-corrected chi connectivity index (χ1v) is 9.69. The highest BCUT2D eigenvalue weighted by Gasteiger charge is 2.18. The van der Waals surface area contributed by atoms with E-state index in [-0.39, 0.29) is 36.0 Å². The molecule has 5 nitrogen and oxygen atoms in total. The molecule has 156 valence electrons. The monoisotopic (exact) mass is 411 g/mol. The van der Waals surface area contributed by atoms with E-state index >= 15 is 0 Å². The summed E-state index contributed by atoms with van der Waals surface area (Å²) in [6.45, 7) is 3.83. The Hall–Kier alpha value is -3.35. The molecule has 1 atom stereocenters. The zero-order chi connectivity index (χ0) is 21.7. The van der Waals surface area contributed by atoms with Crippen LogP contribution in [0.15, 0.2) is 59.4 Å². The summed E-state index contributed by atoms with van der Waals surface area (Å²) in [5, 5.41) is 2.90. The maximum atomic E-state index is 13.4. The molecule has 2 N–H and O–H groups in total. The third-order valence-electron chi connectivity index (χ3n) is 4.63. The van der Waals surface area contributed by atoms with Crippen LogP contribution in [0.3, 0.4) is 0 Å². The van der Waals surface area contributed by atoms with Crippen molar-refractivity contribution in [2.75, 3.05) is 0 Å². The summed E-state index contributed by atoms with van der Waals surface area (Å²) < 4.78 is 26.8. The summed E-state index contributed by atoms with van der Waals surface area (Å²) in [4.78, 5) is 31.8. The Labute approximate surface area is 173 Å². The number of hydrogen-bond donors (Lipinski definition) is 2. The van der Waals surface area contributed by atoms with Crippen LogP contribution in [0.2, 0.25) is 0 Å². The molecule has 1 aromatic heterocycles. The highest BCUT2D eigenvalue weighted by atomic mass is 19.1. The largest absolute Gasteiger partial charge is 0.349 e. The molecule has 3 aromatic rings. The van der Waals surface area contributed by atoms with Gasteiger partial charge in [-0.05, 0) is 35.4 Å². The normalized spacial score (nSPS) is 12.0. The molecule has 3 rings (SSSR count). The third-order valence-corrected chi connectivity index (χ3v) is 4.63. The molecule has 0 fully saturated rings. The Morgan fingerprint density at radius 3 is 2.47 bits per heavy atom. The number of amides is 1. The maximum Gasteiger partial charge on any atom is 0.251 e. The van der Waals surface area contributed by atoms with Gasteiger partial charge >= 0.3 is 0 Å². The minimum absolute atomic E-state index is 0.00446. The number of rotatable bonds is 7. The SMILES string of the molecule is CC(C)c1nc(C[C@@H](NC(=O)Cc2cccc(F)c2)c2ccc(F)cc2)cc(=O)[nH]1. The maximum absolute atomic E-state index is 13.4. The number of aromatic amines is 1. The fraction of sp³-hybridized carbons (Fsp3) is 0.261. The Kier molecular flexibility index (Phi) is 6.72. The first-order valence-electron chi connectivity index (χ1n) is 9.69. The Balaban J connectivity index is 1.84. The molecule has 2 aromatic carbocycles. The van der Waals surface area contributed by atoms with Gasteiger partial charge < -0.3 is 10.3 Å². The van der Waals surface area contributed by atoms with E-state index in [1.165, 1.54) is 30.3 Å². The molecule has 0 saturated carbocycles. The lowest BCUT2D eigenvalue weighted by Crippen LogP contribution is -2.32. The first-order chi connectivity index (χ1) is 14.3. The summed E-state index contributed by atoms with van der Waals surface area (Å²) in [6.07, 6.45) is 0.250. The molecule has 1 heterocycles. The van der Waals surface area contributed by atoms with Gasteiger partial charge in [-0.15, -0.1) is 0 Å². The minimum atomic E-state index is -0.527. The van der Waals surface area contributed by atoms with Crippen LogP contribution >= 0.6 is 0 Å². The van der Waals surface area contributed by atoms with Crippen LogP contribution in [0.5, 0.6) is 0 Å². The summed E-state index contributed by atoms with van der Waals surface area (Å²) in [7, 11) is 0. The van der Waals surface area contributed by atoms with Crippen LogP contribution < -0.4 is 10.9 Å². The molecule has 0 saturated heterocycles. The van der Waals surface area contributed by atoms with E-state index in [1.807, 2.05) is 13.8 Å². The molecule has 0 aliphatic heterocycles. The molecule has 0 unspecified atom stereocenters. The second kappa shape index (κ2) is 9.43. The molecule has 1 amide bonds. The minimum Gasteiger partial charge on any atom is -0.349 e. The van der Waals surface area contributed by atoms with Crippen molar-refractivity contribution in [2.24, 2.45) is 0 Å². The second-order valence-electron chi connectivity index (χ2n) is 7.46. The van der Waals surface area contributed by atoms with Gasteiger partial charge in [-0.2, -0.15) is 0 Å². The lowest BCUT2D eigenvalue weighted by atomic mass is 10.0. The molecule has 0 bridgehead atoms. The average molecular weight is 411 g/mol. The zero-order valence-electron chi connectivity index (χ0n) is 16.8. The van der Waals surface area contributed by atoms with Gasteiger partial charge in [0, 0.05) is 18.4 Å². The molecule has 30 heavy (non-hydrogen) atoms. The highest BCUT2D eigenvalue weighted by Crippen LogP contribution is 2.19. The Bertz CT molecular complexity index is 1080. The van der Waals surface area contributed by atoms with Crippen LogP contribution in [0.4, 0.5) is 8.78 Å². The second-order valence-corrected chi connectivity index (χ2v) is 7.46.